The van der Waals surface area contributed by atoms with Crippen molar-refractivity contribution in [2.24, 2.45) is 0 Å². The summed E-state index contributed by atoms with van der Waals surface area (Å²) in [5.41, 5.74) is 5.13. The van der Waals surface area contributed by atoms with Crippen molar-refractivity contribution in [3.8, 4) is 11.8 Å². The van der Waals surface area contributed by atoms with Gasteiger partial charge in [0, 0.05) is 28.7 Å². The third kappa shape index (κ3) is 6.44. The average molecular weight is 601 g/mol. The maximum atomic E-state index is 13.3. The Bertz CT molecular complexity index is 1720. The minimum atomic E-state index is -5.08. The van der Waals surface area contributed by atoms with Crippen LogP contribution in [0.4, 0.5) is 37.7 Å². The zero-order valence-electron chi connectivity index (χ0n) is 23.1. The van der Waals surface area contributed by atoms with Crippen LogP contribution in [0.5, 0.6) is 0 Å². The molecular formula is C30H26F6N6O. The lowest BCUT2D eigenvalue weighted by Gasteiger charge is -2.29. The van der Waals surface area contributed by atoms with Crippen molar-refractivity contribution in [1.29, 1.82) is 0 Å². The number of halogens is 6. The number of hydrogen-bond acceptors (Lipinski definition) is 5. The van der Waals surface area contributed by atoms with E-state index in [0.717, 1.165) is 25.9 Å². The Hall–Kier alpha value is -4.57. The number of anilines is 2. The number of nitrogens with two attached hydrogens (primary N) is 1. The fourth-order valence-electron chi connectivity index (χ4n) is 4.92. The Morgan fingerprint density at radius 3 is 2.26 bits per heavy atom. The minimum absolute atomic E-state index is 0.0314. The molecule has 5 rings (SSSR count). The number of alkyl halides is 6. The number of rotatable bonds is 3. The third-order valence-corrected chi connectivity index (χ3v) is 7.32. The van der Waals surface area contributed by atoms with E-state index in [-0.39, 0.29) is 17.8 Å². The number of piperidine rings is 1. The number of likely N-dealkylation sites (tertiary alicyclic amines) is 1. The molecule has 0 radical (unpaired) electrons. The summed E-state index contributed by atoms with van der Waals surface area (Å²) in [6.45, 7) is 3.58. The Morgan fingerprint density at radius 1 is 0.977 bits per heavy atom. The van der Waals surface area contributed by atoms with E-state index in [9.17, 15) is 31.1 Å². The summed E-state index contributed by atoms with van der Waals surface area (Å²) in [6, 6.07) is 7.09. The summed E-state index contributed by atoms with van der Waals surface area (Å²) in [6.07, 6.45) is -6.78. The van der Waals surface area contributed by atoms with E-state index in [1.165, 1.54) is 12.1 Å². The van der Waals surface area contributed by atoms with Crippen molar-refractivity contribution in [3.05, 3.63) is 82.2 Å². The highest BCUT2D eigenvalue weighted by atomic mass is 19.4. The van der Waals surface area contributed by atoms with E-state index in [0.29, 0.717) is 45.7 Å². The Kier molecular flexibility index (Phi) is 7.83. The van der Waals surface area contributed by atoms with Gasteiger partial charge < -0.3 is 16.0 Å². The molecule has 0 aliphatic carbocycles. The molecule has 3 heterocycles. The summed E-state index contributed by atoms with van der Waals surface area (Å²) in [7, 11) is 2.06. The normalized spacial score (nSPS) is 14.9. The zero-order chi connectivity index (χ0) is 31.1. The van der Waals surface area contributed by atoms with Crippen LogP contribution in [0.2, 0.25) is 0 Å². The summed E-state index contributed by atoms with van der Waals surface area (Å²) < 4.78 is 81.4. The topological polar surface area (TPSA) is 89.1 Å². The van der Waals surface area contributed by atoms with Crippen molar-refractivity contribution in [1.82, 2.24) is 19.7 Å². The first-order chi connectivity index (χ1) is 20.2. The second-order valence-electron chi connectivity index (χ2n) is 10.5. The first-order valence-electron chi connectivity index (χ1n) is 13.3. The summed E-state index contributed by atoms with van der Waals surface area (Å²) >= 11 is 0. The van der Waals surface area contributed by atoms with Gasteiger partial charge in [-0.3, -0.25) is 4.79 Å². The van der Waals surface area contributed by atoms with E-state index in [1.54, 1.807) is 25.3 Å². The number of aryl methyl sites for hydroxylation is 1. The predicted molar refractivity (Wildman–Crippen MR) is 149 cm³/mol. The second-order valence-corrected chi connectivity index (χ2v) is 10.5. The minimum Gasteiger partial charge on any atom is -0.398 e. The molecule has 13 heteroatoms. The Morgan fingerprint density at radius 2 is 1.63 bits per heavy atom. The molecule has 1 aliphatic heterocycles. The van der Waals surface area contributed by atoms with Crippen LogP contribution in [-0.2, 0) is 12.4 Å². The van der Waals surface area contributed by atoms with Crippen LogP contribution in [0.1, 0.15) is 57.2 Å². The van der Waals surface area contributed by atoms with Gasteiger partial charge in [-0.15, -0.1) is 0 Å². The second kappa shape index (κ2) is 11.3. The van der Waals surface area contributed by atoms with Gasteiger partial charge >= 0.3 is 12.4 Å². The standard InChI is InChI=1S/C30H26F6N6O/c1-17-3-5-22(39-28(43)19-13-20(29(31,32)33)16-21(14-19)30(34,35)36)15-18(17)4-6-25-26-24(37)7-10-38-27(26)42(40-25)23-8-11-41(2)12-9-23/h3,5,7,10,13-16,23H,8-9,11-12H2,1-2H3,(H2,37,38)(H,39,43). The maximum Gasteiger partial charge on any atom is 0.416 e. The molecule has 1 amide bonds. The number of fused-ring (bicyclic) bond motifs is 1. The molecule has 0 unspecified atom stereocenters. The molecular weight excluding hydrogens is 574 g/mol. The largest absolute Gasteiger partial charge is 0.416 e. The number of benzene rings is 2. The van der Waals surface area contributed by atoms with E-state index in [1.807, 2.05) is 4.68 Å². The average Bonchev–Trinajstić information content (AvgIpc) is 3.32. The van der Waals surface area contributed by atoms with Crippen LogP contribution in [0.15, 0.2) is 48.7 Å². The third-order valence-electron chi connectivity index (χ3n) is 7.32. The molecule has 1 aliphatic rings. The van der Waals surface area contributed by atoms with Crippen molar-refractivity contribution in [2.45, 2.75) is 38.2 Å². The van der Waals surface area contributed by atoms with Crippen LogP contribution in [-0.4, -0.2) is 45.7 Å². The zero-order valence-corrected chi connectivity index (χ0v) is 23.1. The SMILES string of the molecule is Cc1ccc(NC(=O)c2cc(C(F)(F)F)cc(C(F)(F)F)c2)cc1C#Cc1nn(C2CCN(C)CC2)c2nccc(N)c12. The number of pyridine rings is 1. The molecule has 7 nitrogen and oxygen atoms in total. The molecule has 1 saturated heterocycles. The predicted octanol–water partition coefficient (Wildman–Crippen LogP) is 6.28. The number of hydrogen-bond donors (Lipinski definition) is 2. The number of nitrogens with zero attached hydrogens (tertiary/aromatic N) is 4. The van der Waals surface area contributed by atoms with E-state index >= 15 is 0 Å². The van der Waals surface area contributed by atoms with Crippen LogP contribution in [0.3, 0.4) is 0 Å². The molecule has 0 bridgehead atoms. The summed E-state index contributed by atoms with van der Waals surface area (Å²) in [4.78, 5) is 19.5. The molecule has 2 aromatic heterocycles. The highest BCUT2D eigenvalue weighted by Crippen LogP contribution is 2.36. The van der Waals surface area contributed by atoms with Gasteiger partial charge in [0.15, 0.2) is 5.65 Å². The monoisotopic (exact) mass is 600 g/mol. The van der Waals surface area contributed by atoms with Gasteiger partial charge in [-0.1, -0.05) is 12.0 Å². The van der Waals surface area contributed by atoms with Gasteiger partial charge in [-0.05, 0) is 87.8 Å². The fourth-order valence-corrected chi connectivity index (χ4v) is 4.92. The molecule has 43 heavy (non-hydrogen) atoms. The molecule has 0 spiro atoms. The van der Waals surface area contributed by atoms with Crippen molar-refractivity contribution in [3.63, 3.8) is 0 Å². The number of carbonyl (C=O) groups is 1. The highest BCUT2D eigenvalue weighted by Gasteiger charge is 2.37. The van der Waals surface area contributed by atoms with Gasteiger partial charge in [0.2, 0.25) is 0 Å². The maximum absolute atomic E-state index is 13.3. The Balaban J connectivity index is 1.46. The van der Waals surface area contributed by atoms with Crippen molar-refractivity contribution >= 4 is 28.3 Å². The molecule has 0 saturated carbocycles. The highest BCUT2D eigenvalue weighted by molar-refractivity contribution is 6.04. The number of nitrogen functional groups attached to an aromatic ring is 1. The molecule has 1 fully saturated rings. The molecule has 3 N–H and O–H groups in total. The van der Waals surface area contributed by atoms with E-state index < -0.39 is 35.0 Å². The van der Waals surface area contributed by atoms with E-state index in [2.05, 4.69) is 34.1 Å². The molecule has 2 aromatic carbocycles. The van der Waals surface area contributed by atoms with Gasteiger partial charge in [-0.25, -0.2) is 9.67 Å². The van der Waals surface area contributed by atoms with Gasteiger partial charge in [0.05, 0.1) is 22.6 Å². The van der Waals surface area contributed by atoms with E-state index in [4.69, 9.17) is 10.8 Å². The molecule has 4 aromatic rings. The summed E-state index contributed by atoms with van der Waals surface area (Å²) in [5, 5.41) is 7.73. The summed E-state index contributed by atoms with van der Waals surface area (Å²) in [5.74, 6) is 4.92. The van der Waals surface area contributed by atoms with Crippen LogP contribution in [0, 0.1) is 18.8 Å². The lowest BCUT2D eigenvalue weighted by Crippen LogP contribution is -2.31. The number of carbonyl (C=O) groups excluding carboxylic acids is 1. The molecule has 224 valence electrons. The smallest absolute Gasteiger partial charge is 0.398 e. The number of nitrogens with one attached hydrogen (secondary N) is 1. The fraction of sp³-hybridized carbons (Fsp3) is 0.300. The van der Waals surface area contributed by atoms with Crippen LogP contribution >= 0.6 is 0 Å². The first kappa shape index (κ1) is 29.9. The number of aromatic nitrogens is 3. The van der Waals surface area contributed by atoms with Crippen LogP contribution in [0.25, 0.3) is 11.0 Å². The number of amides is 1. The first-order valence-corrected chi connectivity index (χ1v) is 13.3. The van der Waals surface area contributed by atoms with Gasteiger partial charge in [0.25, 0.3) is 5.91 Å². The van der Waals surface area contributed by atoms with Gasteiger partial charge in [-0.2, -0.15) is 31.4 Å². The van der Waals surface area contributed by atoms with Crippen molar-refractivity contribution < 1.29 is 31.1 Å². The quantitative estimate of drug-likeness (QED) is 0.214. The lowest BCUT2D eigenvalue weighted by molar-refractivity contribution is -0.143. The van der Waals surface area contributed by atoms with Crippen molar-refractivity contribution in [2.75, 3.05) is 31.2 Å². The lowest BCUT2D eigenvalue weighted by atomic mass is 10.0. The van der Waals surface area contributed by atoms with Crippen LogP contribution < -0.4 is 11.1 Å². The Labute approximate surface area is 242 Å². The molecule has 0 atom stereocenters. The van der Waals surface area contributed by atoms with Gasteiger partial charge in [0.1, 0.15) is 5.69 Å².